The normalized spacial score (nSPS) is 25.1. The van der Waals surface area contributed by atoms with Crippen LogP contribution in [-0.4, -0.2) is 79.5 Å². The van der Waals surface area contributed by atoms with E-state index in [1.54, 1.807) is 32.0 Å². The Labute approximate surface area is 429 Å². The molecule has 0 bridgehead atoms. The number of aryl methyl sites for hydroxylation is 2. The molecule has 2 heterocycles. The van der Waals surface area contributed by atoms with Gasteiger partial charge < -0.3 is 28.2 Å². The molecule has 2 aromatic rings. The minimum atomic E-state index is -4.68. The fourth-order valence-corrected chi connectivity index (χ4v) is 12.1. The van der Waals surface area contributed by atoms with E-state index in [0.717, 1.165) is 6.66 Å². The molecular weight excluding hydrogens is 1230 g/mol. The zero-order chi connectivity index (χ0) is 52.7. The highest BCUT2D eigenvalue weighted by molar-refractivity contribution is 9.10. The monoisotopic (exact) mass is 1260 g/mol. The van der Waals surface area contributed by atoms with E-state index < -0.39 is 85.0 Å². The summed E-state index contributed by atoms with van der Waals surface area (Å²) in [4.78, 5) is 25.4. The van der Waals surface area contributed by atoms with Crippen LogP contribution in [0.2, 0.25) is 10.0 Å². The van der Waals surface area contributed by atoms with E-state index >= 15 is 0 Å². The number of carbonyl (C=O) groups is 2. The molecule has 2 saturated carbocycles. The summed E-state index contributed by atoms with van der Waals surface area (Å²) in [7, 11) is 0. The number of halogens is 17. The standard InChI is InChI=1S/C20H19BrClF6O4PS.C17H15BrClF3O3.C3H5ClF3OPS/c1-10-7-12(21)8-13(22)14(10)15-16(32-33(2,34)30-9-19(23,24)25)18(31-17(15)29)5-3-11(4-6-18)20(26,27)28;1-8-6-10(18)7-11(19)12(8)13-14(23)16(25-15(13)24)4-2-9(3-5-16)17(20,21)22;1-9(4,10)8-2-3(5,6)7/h7-8,11H,3-6,9H2,1-2H3;6-7,9,23H,2-5H2,1H3;2H2,1H3. The van der Waals surface area contributed by atoms with E-state index in [2.05, 4.69) is 48.2 Å². The molecule has 2 atom stereocenters. The molecule has 1 N–H and O–H groups in total. The number of rotatable bonds is 8. The maximum absolute atomic E-state index is 13.2. The molecule has 2 aliphatic carbocycles. The highest BCUT2D eigenvalue weighted by Crippen LogP contribution is 2.59. The minimum absolute atomic E-state index is 0.0551. The van der Waals surface area contributed by atoms with E-state index in [1.165, 1.54) is 12.7 Å². The van der Waals surface area contributed by atoms with Crippen LogP contribution in [0, 0.1) is 25.7 Å². The molecule has 2 spiro atoms. The topological polar surface area (TPSA) is 101 Å². The third kappa shape index (κ3) is 16.1. The molecule has 2 aliphatic heterocycles. The Bertz CT molecular complexity index is 2400. The summed E-state index contributed by atoms with van der Waals surface area (Å²) in [6.07, 6.45) is -19.5. The van der Waals surface area contributed by atoms with Crippen LogP contribution in [0.3, 0.4) is 0 Å². The van der Waals surface area contributed by atoms with Crippen LogP contribution in [0.1, 0.15) is 73.6 Å². The lowest BCUT2D eigenvalue weighted by Crippen LogP contribution is -2.40. The lowest BCUT2D eigenvalue weighted by Gasteiger charge is -2.38. The van der Waals surface area contributed by atoms with Gasteiger partial charge in [-0.05, 0) is 112 Å². The summed E-state index contributed by atoms with van der Waals surface area (Å²) in [5, 5.41) is 11.0. The molecule has 2 aromatic carbocycles. The molecular formula is C40H39Br2Cl3F12O8P2S2. The average molecular weight is 1270 g/mol. The Hall–Kier alpha value is -1.33. The van der Waals surface area contributed by atoms with Crippen molar-refractivity contribution < 1.29 is 90.4 Å². The summed E-state index contributed by atoms with van der Waals surface area (Å²) < 4.78 is 178. The Balaban J connectivity index is 0.000000258. The highest BCUT2D eigenvalue weighted by Gasteiger charge is 2.57. The number of benzene rings is 2. The SMILES string of the molecule is CP(=S)(Cl)OCC(F)(F)F.Cc1cc(Br)cc(Cl)c1C1=C(O)C2(CCC(C(F)(F)F)CC2)OC1=O.Cc1cc(Br)cc(Cl)c1C1=C(OP(C)(=S)OCC(F)(F)F)C2(CCC(C(F)(F)F)CC2)OC1=O. The van der Waals surface area contributed by atoms with Gasteiger partial charge in [-0.25, -0.2) is 9.59 Å². The van der Waals surface area contributed by atoms with Crippen molar-refractivity contribution in [3.63, 3.8) is 0 Å². The molecule has 388 valence electrons. The van der Waals surface area contributed by atoms with Crippen molar-refractivity contribution in [2.24, 2.45) is 11.8 Å². The lowest BCUT2D eigenvalue weighted by molar-refractivity contribution is -0.195. The van der Waals surface area contributed by atoms with Crippen LogP contribution in [-0.2, 0) is 56.2 Å². The third-order valence-electron chi connectivity index (χ3n) is 11.0. The first-order valence-electron chi connectivity index (χ1n) is 19.9. The Morgan fingerprint density at radius 3 is 1.41 bits per heavy atom. The van der Waals surface area contributed by atoms with Crippen LogP contribution in [0.4, 0.5) is 52.7 Å². The van der Waals surface area contributed by atoms with E-state index in [1.807, 2.05) is 0 Å². The maximum Gasteiger partial charge on any atom is 0.412 e. The van der Waals surface area contributed by atoms with Gasteiger partial charge in [0.15, 0.2) is 29.3 Å². The van der Waals surface area contributed by atoms with Gasteiger partial charge in [0.2, 0.25) is 6.49 Å². The summed E-state index contributed by atoms with van der Waals surface area (Å²) >= 11 is 34.0. The second-order valence-corrected chi connectivity index (χ2v) is 29.4. The van der Waals surface area contributed by atoms with E-state index in [0.29, 0.717) is 25.6 Å². The molecule has 8 nitrogen and oxygen atoms in total. The fourth-order valence-electron chi connectivity index (χ4n) is 7.86. The highest BCUT2D eigenvalue weighted by atomic mass is 79.9. The fraction of sp³-hybridized carbons (Fsp3) is 0.550. The quantitative estimate of drug-likeness (QED) is 0.156. The first-order valence-corrected chi connectivity index (χ1v) is 29.4. The van der Waals surface area contributed by atoms with E-state index in [4.69, 9.17) is 64.8 Å². The van der Waals surface area contributed by atoms with Crippen molar-refractivity contribution in [1.29, 1.82) is 0 Å². The average Bonchev–Trinajstić information content (AvgIpc) is 3.54. The number of hydrogen-bond donors (Lipinski definition) is 1. The Morgan fingerprint density at radius 2 is 1.04 bits per heavy atom. The zero-order valence-electron chi connectivity index (χ0n) is 36.0. The van der Waals surface area contributed by atoms with Gasteiger partial charge in [0.25, 0.3) is 0 Å². The van der Waals surface area contributed by atoms with Gasteiger partial charge >= 0.3 is 36.6 Å². The summed E-state index contributed by atoms with van der Waals surface area (Å²) in [6, 6.07) is 6.46. The van der Waals surface area contributed by atoms with Gasteiger partial charge in [0, 0.05) is 33.4 Å². The zero-order valence-corrected chi connectivity index (χ0v) is 44.8. The maximum atomic E-state index is 13.2. The van der Waals surface area contributed by atoms with Gasteiger partial charge in [-0.2, -0.15) is 52.7 Å². The van der Waals surface area contributed by atoms with Crippen molar-refractivity contribution in [2.75, 3.05) is 26.5 Å². The first kappa shape index (κ1) is 60.2. The van der Waals surface area contributed by atoms with Crippen molar-refractivity contribution >= 4 is 125 Å². The Morgan fingerprint density at radius 1 is 0.681 bits per heavy atom. The van der Waals surface area contributed by atoms with Crippen molar-refractivity contribution in [2.45, 2.75) is 101 Å². The van der Waals surface area contributed by atoms with Gasteiger partial charge in [-0.3, -0.25) is 0 Å². The minimum Gasteiger partial charge on any atom is -0.507 e. The predicted octanol–water partition coefficient (Wildman–Crippen LogP) is 16.2. The van der Waals surface area contributed by atoms with E-state index in [-0.39, 0.29) is 89.6 Å². The molecule has 0 radical (unpaired) electrons. The molecule has 0 aromatic heterocycles. The molecule has 6 rings (SSSR count). The van der Waals surface area contributed by atoms with Crippen LogP contribution in [0.25, 0.3) is 11.1 Å². The van der Waals surface area contributed by atoms with Gasteiger partial charge in [0.1, 0.15) is 23.4 Å². The summed E-state index contributed by atoms with van der Waals surface area (Å²) in [6.45, 7) is -0.909. The molecule has 0 saturated heterocycles. The molecule has 0 amide bonds. The molecule has 2 unspecified atom stereocenters. The molecule has 4 aliphatic rings. The second kappa shape index (κ2) is 22.3. The lowest BCUT2D eigenvalue weighted by atomic mass is 9.77. The number of aliphatic hydroxyl groups is 1. The van der Waals surface area contributed by atoms with Gasteiger partial charge in [-0.15, -0.1) is 0 Å². The van der Waals surface area contributed by atoms with Crippen LogP contribution in [0.15, 0.2) is 44.7 Å². The summed E-state index contributed by atoms with van der Waals surface area (Å²) in [5.41, 5.74) is -4.19. The number of ether oxygens (including phenoxy) is 2. The number of aliphatic hydroxyl groups excluding tert-OH is 1. The Kier molecular flexibility index (Phi) is 19.4. The van der Waals surface area contributed by atoms with E-state index in [9.17, 15) is 67.4 Å². The van der Waals surface area contributed by atoms with Crippen molar-refractivity contribution in [1.82, 2.24) is 0 Å². The molecule has 69 heavy (non-hydrogen) atoms. The number of hydrogen-bond acceptors (Lipinski definition) is 10. The summed E-state index contributed by atoms with van der Waals surface area (Å²) in [5.74, 6) is -5.24. The number of carbonyl (C=O) groups excluding carboxylic acids is 2. The first-order chi connectivity index (χ1) is 31.2. The van der Waals surface area contributed by atoms with Crippen LogP contribution < -0.4 is 0 Å². The number of alkyl halides is 12. The van der Waals surface area contributed by atoms with Crippen LogP contribution in [0.5, 0.6) is 0 Å². The van der Waals surface area contributed by atoms with Crippen molar-refractivity contribution in [3.8, 4) is 0 Å². The third-order valence-corrected chi connectivity index (χ3v) is 15.4. The smallest absolute Gasteiger partial charge is 0.412 e. The predicted molar refractivity (Wildman–Crippen MR) is 249 cm³/mol. The largest absolute Gasteiger partial charge is 0.507 e. The second-order valence-electron chi connectivity index (χ2n) is 16.4. The van der Waals surface area contributed by atoms with Crippen LogP contribution >= 0.6 is 78.4 Å². The van der Waals surface area contributed by atoms with Gasteiger partial charge in [-0.1, -0.05) is 78.1 Å². The molecule has 2 fully saturated rings. The van der Waals surface area contributed by atoms with Crippen molar-refractivity contribution in [3.05, 3.63) is 77.0 Å². The number of esters is 2. The molecule has 29 heteroatoms. The van der Waals surface area contributed by atoms with Gasteiger partial charge in [0.05, 0.1) is 21.9 Å².